The highest BCUT2D eigenvalue weighted by molar-refractivity contribution is 6.33. The Morgan fingerprint density at radius 3 is 2.73 bits per heavy atom. The third-order valence-corrected chi connectivity index (χ3v) is 3.97. The molecular weight excluding hydrogens is 380 g/mol. The van der Waals surface area contributed by atoms with Gasteiger partial charge in [-0.1, -0.05) is 35.3 Å². The van der Waals surface area contributed by atoms with Gasteiger partial charge in [0.05, 0.1) is 5.02 Å². The Balaban J connectivity index is 1.95. The van der Waals surface area contributed by atoms with Crippen molar-refractivity contribution in [2.75, 3.05) is 5.32 Å². The topological polar surface area (TPSA) is 96.2 Å². The van der Waals surface area contributed by atoms with Crippen molar-refractivity contribution in [2.45, 2.75) is 0 Å². The van der Waals surface area contributed by atoms with Crippen molar-refractivity contribution >= 4 is 52.6 Å². The Hall–Kier alpha value is -2.90. The molecular formula is C17H12Cl2FN5O. The molecule has 1 heterocycles. The Labute approximate surface area is 157 Å². The number of anilines is 2. The van der Waals surface area contributed by atoms with Crippen LogP contribution in [0.1, 0.15) is 15.9 Å². The van der Waals surface area contributed by atoms with E-state index in [0.717, 1.165) is 0 Å². The first kappa shape index (κ1) is 17.9. The highest BCUT2D eigenvalue weighted by atomic mass is 35.5. The molecule has 3 rings (SSSR count). The predicted molar refractivity (Wildman–Crippen MR) is 101 cm³/mol. The van der Waals surface area contributed by atoms with Crippen molar-refractivity contribution in [2.24, 2.45) is 10.7 Å². The zero-order valence-electron chi connectivity index (χ0n) is 13.1. The van der Waals surface area contributed by atoms with E-state index in [1.165, 1.54) is 24.4 Å². The molecule has 6 nitrogen and oxygen atoms in total. The quantitative estimate of drug-likeness (QED) is 0.560. The maximum atomic E-state index is 13.8. The van der Waals surface area contributed by atoms with E-state index in [1.807, 2.05) is 0 Å². The molecule has 2 aromatic carbocycles. The van der Waals surface area contributed by atoms with E-state index >= 15 is 0 Å². The number of primary amides is 1. The van der Waals surface area contributed by atoms with Crippen LogP contribution in [-0.4, -0.2) is 22.3 Å². The lowest BCUT2D eigenvalue weighted by molar-refractivity contribution is 0.100. The molecule has 0 spiro atoms. The molecule has 9 heteroatoms. The van der Waals surface area contributed by atoms with Crippen LogP contribution in [0.25, 0.3) is 0 Å². The van der Waals surface area contributed by atoms with Crippen LogP contribution in [0.15, 0.2) is 47.5 Å². The minimum Gasteiger partial charge on any atom is -0.365 e. The van der Waals surface area contributed by atoms with E-state index in [4.69, 9.17) is 28.9 Å². The molecule has 26 heavy (non-hydrogen) atoms. The van der Waals surface area contributed by atoms with Crippen LogP contribution in [0, 0.1) is 5.82 Å². The van der Waals surface area contributed by atoms with Crippen LogP contribution in [0.3, 0.4) is 0 Å². The van der Waals surface area contributed by atoms with Gasteiger partial charge in [0, 0.05) is 22.5 Å². The number of aromatic amines is 1. The number of rotatable bonds is 5. The van der Waals surface area contributed by atoms with E-state index in [0.29, 0.717) is 10.7 Å². The zero-order chi connectivity index (χ0) is 18.7. The number of halogens is 3. The van der Waals surface area contributed by atoms with Crippen LogP contribution in [0.2, 0.25) is 10.0 Å². The Morgan fingerprint density at radius 1 is 1.27 bits per heavy atom. The molecule has 0 saturated carbocycles. The summed E-state index contributed by atoms with van der Waals surface area (Å²) in [6.07, 6.45) is 1.20. The first-order valence-electron chi connectivity index (χ1n) is 7.34. The number of nitrogens with one attached hydrogen (secondary N) is 2. The minimum atomic E-state index is -0.755. The monoisotopic (exact) mass is 391 g/mol. The van der Waals surface area contributed by atoms with Crippen molar-refractivity contribution in [3.8, 4) is 0 Å². The molecule has 1 amide bonds. The maximum Gasteiger partial charge on any atom is 0.256 e. The molecule has 1 aromatic heterocycles. The van der Waals surface area contributed by atoms with E-state index < -0.39 is 11.7 Å². The molecule has 0 aliphatic rings. The number of benzene rings is 2. The van der Waals surface area contributed by atoms with Crippen LogP contribution in [-0.2, 0) is 0 Å². The third kappa shape index (κ3) is 3.84. The average molecular weight is 392 g/mol. The van der Waals surface area contributed by atoms with Crippen LogP contribution < -0.4 is 11.1 Å². The van der Waals surface area contributed by atoms with Crippen molar-refractivity contribution < 1.29 is 9.18 Å². The molecule has 0 bridgehead atoms. The van der Waals surface area contributed by atoms with Crippen LogP contribution >= 0.6 is 23.2 Å². The number of nitrogens with two attached hydrogens (primary N) is 1. The van der Waals surface area contributed by atoms with E-state index in [-0.39, 0.29) is 27.8 Å². The number of hydrogen-bond acceptors (Lipinski definition) is 4. The van der Waals surface area contributed by atoms with Gasteiger partial charge in [-0.2, -0.15) is 5.10 Å². The Bertz CT molecular complexity index is 982. The van der Waals surface area contributed by atoms with Gasteiger partial charge < -0.3 is 11.1 Å². The Kier molecular flexibility index (Phi) is 5.20. The van der Waals surface area contributed by atoms with Gasteiger partial charge in [-0.3, -0.25) is 9.89 Å². The number of amides is 1. The summed E-state index contributed by atoms with van der Waals surface area (Å²) in [6.45, 7) is 0. The lowest BCUT2D eigenvalue weighted by Crippen LogP contribution is -2.12. The number of hydrogen-bond donors (Lipinski definition) is 3. The summed E-state index contributed by atoms with van der Waals surface area (Å²) >= 11 is 11.9. The number of H-pyrrole nitrogens is 1. The summed E-state index contributed by atoms with van der Waals surface area (Å²) in [5, 5.41) is 10.2. The standard InChI is InChI=1S/C17H12Cl2FN5O/c18-9-3-1-4-10(7-9)23-17-14(15(21)26)16(24-25-17)22-8-11-12(19)5-2-6-13(11)20/h1-8H,(H2,21,26)(H2,23,24,25)/b22-8+. The van der Waals surface area contributed by atoms with Crippen molar-refractivity contribution in [3.63, 3.8) is 0 Å². The number of carbonyl (C=O) groups is 1. The van der Waals surface area contributed by atoms with E-state index in [1.54, 1.807) is 24.3 Å². The van der Waals surface area contributed by atoms with E-state index in [2.05, 4.69) is 20.5 Å². The number of carbonyl (C=O) groups excluding carboxylic acids is 1. The van der Waals surface area contributed by atoms with Gasteiger partial charge in [0.2, 0.25) is 0 Å². The van der Waals surface area contributed by atoms with Gasteiger partial charge >= 0.3 is 0 Å². The second kappa shape index (κ2) is 7.55. The van der Waals surface area contributed by atoms with Gasteiger partial charge in [0.15, 0.2) is 11.6 Å². The van der Waals surface area contributed by atoms with Crippen molar-refractivity contribution in [1.29, 1.82) is 0 Å². The third-order valence-electron chi connectivity index (χ3n) is 3.40. The first-order chi connectivity index (χ1) is 12.5. The number of aliphatic imine (C=N–C) groups is 1. The molecule has 3 aromatic rings. The summed E-state index contributed by atoms with van der Waals surface area (Å²) in [6, 6.07) is 11.1. The summed E-state index contributed by atoms with van der Waals surface area (Å²) < 4.78 is 13.8. The average Bonchev–Trinajstić information content (AvgIpc) is 2.97. The minimum absolute atomic E-state index is 0.0219. The van der Waals surface area contributed by atoms with Crippen LogP contribution in [0.4, 0.5) is 21.7 Å². The molecule has 0 unspecified atom stereocenters. The fourth-order valence-corrected chi connectivity index (χ4v) is 2.62. The van der Waals surface area contributed by atoms with Crippen molar-refractivity contribution in [3.05, 3.63) is 69.5 Å². The normalized spacial score (nSPS) is 11.0. The lowest BCUT2D eigenvalue weighted by atomic mass is 10.2. The second-order valence-corrected chi connectivity index (χ2v) is 6.03. The SMILES string of the molecule is NC(=O)c1c(Nc2cccc(Cl)c2)n[nH]c1/N=C/c1c(F)cccc1Cl. The smallest absolute Gasteiger partial charge is 0.256 e. The second-order valence-electron chi connectivity index (χ2n) is 5.19. The van der Waals surface area contributed by atoms with Gasteiger partial charge in [-0.15, -0.1) is 0 Å². The molecule has 0 aliphatic carbocycles. The maximum absolute atomic E-state index is 13.8. The highest BCUT2D eigenvalue weighted by Crippen LogP contribution is 2.27. The zero-order valence-corrected chi connectivity index (χ0v) is 14.6. The Morgan fingerprint density at radius 2 is 2.04 bits per heavy atom. The van der Waals surface area contributed by atoms with Gasteiger partial charge in [-0.05, 0) is 30.3 Å². The molecule has 0 atom stereocenters. The van der Waals surface area contributed by atoms with Crippen LogP contribution in [0.5, 0.6) is 0 Å². The van der Waals surface area contributed by atoms with Gasteiger partial charge in [-0.25, -0.2) is 9.38 Å². The van der Waals surface area contributed by atoms with Crippen molar-refractivity contribution in [1.82, 2.24) is 10.2 Å². The number of aromatic nitrogens is 2. The first-order valence-corrected chi connectivity index (χ1v) is 8.10. The molecule has 0 fully saturated rings. The largest absolute Gasteiger partial charge is 0.365 e. The lowest BCUT2D eigenvalue weighted by Gasteiger charge is -2.05. The van der Waals surface area contributed by atoms with Gasteiger partial charge in [0.25, 0.3) is 5.91 Å². The summed E-state index contributed by atoms with van der Waals surface area (Å²) in [4.78, 5) is 15.9. The highest BCUT2D eigenvalue weighted by Gasteiger charge is 2.18. The number of nitrogens with zero attached hydrogens (tertiary/aromatic N) is 2. The predicted octanol–water partition coefficient (Wildman–Crippen LogP) is 4.45. The molecule has 0 saturated heterocycles. The molecule has 4 N–H and O–H groups in total. The van der Waals surface area contributed by atoms with E-state index in [9.17, 15) is 9.18 Å². The van der Waals surface area contributed by atoms with Gasteiger partial charge in [0.1, 0.15) is 11.4 Å². The summed E-state index contributed by atoms with van der Waals surface area (Å²) in [5.41, 5.74) is 6.15. The molecule has 0 aliphatic heterocycles. The molecule has 0 radical (unpaired) electrons. The fourth-order valence-electron chi connectivity index (χ4n) is 2.22. The summed E-state index contributed by atoms with van der Waals surface area (Å²) in [5.74, 6) is -1.05. The fraction of sp³-hybridized carbons (Fsp3) is 0. The molecule has 132 valence electrons. The summed E-state index contributed by atoms with van der Waals surface area (Å²) in [7, 11) is 0.